The topological polar surface area (TPSA) is 88.3 Å². The number of amides is 1. The minimum Gasteiger partial charge on any atom is -0.452 e. The Balaban J connectivity index is 1.53. The summed E-state index contributed by atoms with van der Waals surface area (Å²) in [6, 6.07) is 18.1. The zero-order valence-corrected chi connectivity index (χ0v) is 15.6. The van der Waals surface area contributed by atoms with Crippen LogP contribution in [0.5, 0.6) is 0 Å². The number of pyridine rings is 1. The Kier molecular flexibility index (Phi) is 6.22. The van der Waals surface area contributed by atoms with Crippen molar-refractivity contribution in [2.45, 2.75) is 25.8 Å². The van der Waals surface area contributed by atoms with Gasteiger partial charge in [0.15, 0.2) is 6.61 Å². The quantitative estimate of drug-likeness (QED) is 0.619. The Morgan fingerprint density at radius 2 is 1.79 bits per heavy atom. The van der Waals surface area contributed by atoms with E-state index < -0.39 is 18.1 Å². The zero-order valence-electron chi connectivity index (χ0n) is 15.6. The number of rotatable bonds is 7. The fourth-order valence-electron chi connectivity index (χ4n) is 3.00. The minimum atomic E-state index is -0.700. The van der Waals surface area contributed by atoms with E-state index in [2.05, 4.69) is 10.3 Å². The largest absolute Gasteiger partial charge is 0.452 e. The molecule has 0 saturated carbocycles. The molecule has 0 fully saturated rings. The Labute approximate surface area is 162 Å². The molecular weight excluding hydrogens is 356 g/mol. The number of aromatic nitrogens is 1. The molecule has 0 aliphatic rings. The summed E-state index contributed by atoms with van der Waals surface area (Å²) < 4.78 is 5.11. The van der Waals surface area contributed by atoms with Crippen molar-refractivity contribution in [2.24, 2.45) is 0 Å². The number of carbonyl (C=O) groups excluding carboxylic acids is 2. The van der Waals surface area contributed by atoms with Crippen molar-refractivity contribution in [3.63, 3.8) is 0 Å². The number of benzene rings is 2. The highest BCUT2D eigenvalue weighted by Gasteiger charge is 2.15. The molecule has 0 bridgehead atoms. The summed E-state index contributed by atoms with van der Waals surface area (Å²) in [5, 5.41) is 3.39. The van der Waals surface area contributed by atoms with Crippen LogP contribution in [-0.2, 0) is 16.0 Å². The maximum absolute atomic E-state index is 12.4. The van der Waals surface area contributed by atoms with Gasteiger partial charge in [0.1, 0.15) is 0 Å². The van der Waals surface area contributed by atoms with Crippen LogP contribution in [0.25, 0.3) is 10.9 Å². The second-order valence-electron chi connectivity index (χ2n) is 6.66. The predicted octanol–water partition coefficient (Wildman–Crippen LogP) is 2.82. The molecule has 2 N–H and O–H groups in total. The van der Waals surface area contributed by atoms with Crippen molar-refractivity contribution < 1.29 is 14.3 Å². The second-order valence-corrected chi connectivity index (χ2v) is 6.66. The number of ether oxygens (including phenoxy) is 1. The van der Waals surface area contributed by atoms with Crippen LogP contribution in [0.2, 0.25) is 0 Å². The van der Waals surface area contributed by atoms with E-state index in [1.807, 2.05) is 37.3 Å². The number of aromatic amines is 1. The SMILES string of the molecule is CC(CCc1ccccc1)NC(=O)COC(=O)c1cc(=O)[nH]c2ccccc12. The van der Waals surface area contributed by atoms with Crippen LogP contribution < -0.4 is 10.9 Å². The van der Waals surface area contributed by atoms with Gasteiger partial charge in [0, 0.05) is 23.0 Å². The van der Waals surface area contributed by atoms with Crippen molar-refractivity contribution in [1.82, 2.24) is 10.3 Å². The molecule has 1 amide bonds. The number of H-pyrrole nitrogens is 1. The maximum atomic E-state index is 12.4. The van der Waals surface area contributed by atoms with Gasteiger partial charge in [-0.25, -0.2) is 4.79 Å². The molecule has 0 radical (unpaired) electrons. The van der Waals surface area contributed by atoms with Crippen molar-refractivity contribution in [3.8, 4) is 0 Å². The number of aryl methyl sites for hydroxylation is 1. The van der Waals surface area contributed by atoms with Crippen molar-refractivity contribution >= 4 is 22.8 Å². The normalized spacial score (nSPS) is 11.8. The van der Waals surface area contributed by atoms with Crippen LogP contribution in [-0.4, -0.2) is 29.5 Å². The molecule has 1 atom stereocenters. The van der Waals surface area contributed by atoms with Gasteiger partial charge in [-0.05, 0) is 31.4 Å². The first kappa shape index (κ1) is 19.4. The van der Waals surface area contributed by atoms with Crippen LogP contribution in [0.1, 0.15) is 29.3 Å². The number of esters is 1. The maximum Gasteiger partial charge on any atom is 0.339 e. The lowest BCUT2D eigenvalue weighted by atomic mass is 10.1. The van der Waals surface area contributed by atoms with Crippen LogP contribution in [0.15, 0.2) is 65.5 Å². The molecular formula is C22H22N2O4. The van der Waals surface area contributed by atoms with Gasteiger partial charge in [-0.3, -0.25) is 9.59 Å². The zero-order chi connectivity index (χ0) is 19.9. The summed E-state index contributed by atoms with van der Waals surface area (Å²) in [5.41, 5.74) is 1.49. The summed E-state index contributed by atoms with van der Waals surface area (Å²) in [4.78, 5) is 38.8. The smallest absolute Gasteiger partial charge is 0.339 e. The summed E-state index contributed by atoms with van der Waals surface area (Å²) >= 11 is 0. The molecule has 6 heteroatoms. The molecule has 0 saturated heterocycles. The molecule has 1 aromatic heterocycles. The van der Waals surface area contributed by atoms with Gasteiger partial charge >= 0.3 is 5.97 Å². The standard InChI is InChI=1S/C22H22N2O4/c1-15(11-12-16-7-3-2-4-8-16)23-21(26)14-28-22(27)18-13-20(25)24-19-10-6-5-9-17(18)19/h2-10,13,15H,11-12,14H2,1H3,(H,23,26)(H,24,25). The van der Waals surface area contributed by atoms with Gasteiger partial charge in [0.25, 0.3) is 5.91 Å². The Bertz CT molecular complexity index is 1030. The average molecular weight is 378 g/mol. The molecule has 3 rings (SSSR count). The molecule has 28 heavy (non-hydrogen) atoms. The summed E-state index contributed by atoms with van der Waals surface area (Å²) in [7, 11) is 0. The first-order chi connectivity index (χ1) is 13.5. The predicted molar refractivity (Wildman–Crippen MR) is 107 cm³/mol. The van der Waals surface area contributed by atoms with Crippen LogP contribution in [0.3, 0.4) is 0 Å². The number of carbonyl (C=O) groups is 2. The molecule has 0 spiro atoms. The molecule has 0 aliphatic carbocycles. The molecule has 0 aliphatic heterocycles. The first-order valence-corrected chi connectivity index (χ1v) is 9.15. The molecule has 144 valence electrons. The average Bonchev–Trinajstić information content (AvgIpc) is 2.70. The van der Waals surface area contributed by atoms with Crippen LogP contribution >= 0.6 is 0 Å². The van der Waals surface area contributed by atoms with E-state index in [-0.39, 0.29) is 17.5 Å². The van der Waals surface area contributed by atoms with Gasteiger partial charge in [-0.1, -0.05) is 48.5 Å². The van der Waals surface area contributed by atoms with E-state index in [1.165, 1.54) is 11.6 Å². The van der Waals surface area contributed by atoms with E-state index in [0.29, 0.717) is 10.9 Å². The third kappa shape index (κ3) is 5.07. The van der Waals surface area contributed by atoms with Gasteiger partial charge in [-0.15, -0.1) is 0 Å². The van der Waals surface area contributed by atoms with Crippen molar-refractivity contribution in [3.05, 3.63) is 82.1 Å². The summed E-state index contributed by atoms with van der Waals surface area (Å²) in [6.07, 6.45) is 1.63. The fraction of sp³-hybridized carbons (Fsp3) is 0.227. The molecule has 3 aromatic rings. The van der Waals surface area contributed by atoms with Crippen LogP contribution in [0.4, 0.5) is 0 Å². The van der Waals surface area contributed by atoms with Gasteiger partial charge in [0.05, 0.1) is 5.56 Å². The Hall–Kier alpha value is -3.41. The van der Waals surface area contributed by atoms with E-state index in [0.717, 1.165) is 12.8 Å². The summed E-state index contributed by atoms with van der Waals surface area (Å²) in [5.74, 6) is -1.07. The van der Waals surface area contributed by atoms with Crippen molar-refractivity contribution in [1.29, 1.82) is 0 Å². The summed E-state index contributed by atoms with van der Waals surface area (Å²) in [6.45, 7) is 1.52. The molecule has 6 nitrogen and oxygen atoms in total. The number of fused-ring (bicyclic) bond motifs is 1. The number of hydrogen-bond donors (Lipinski definition) is 2. The third-order valence-corrected chi connectivity index (χ3v) is 4.42. The van der Waals surface area contributed by atoms with Gasteiger partial charge in [-0.2, -0.15) is 0 Å². The lowest BCUT2D eigenvalue weighted by Crippen LogP contribution is -2.36. The monoisotopic (exact) mass is 378 g/mol. The number of nitrogens with one attached hydrogen (secondary N) is 2. The lowest BCUT2D eigenvalue weighted by Gasteiger charge is -2.14. The Morgan fingerprint density at radius 3 is 2.57 bits per heavy atom. The number of para-hydroxylation sites is 1. The highest BCUT2D eigenvalue weighted by molar-refractivity contribution is 6.03. The number of hydrogen-bond acceptors (Lipinski definition) is 4. The molecule has 1 heterocycles. The van der Waals surface area contributed by atoms with E-state index in [4.69, 9.17) is 4.74 Å². The third-order valence-electron chi connectivity index (χ3n) is 4.42. The van der Waals surface area contributed by atoms with E-state index in [9.17, 15) is 14.4 Å². The molecule has 2 aromatic carbocycles. The highest BCUT2D eigenvalue weighted by Crippen LogP contribution is 2.15. The van der Waals surface area contributed by atoms with Crippen molar-refractivity contribution in [2.75, 3.05) is 6.61 Å². The van der Waals surface area contributed by atoms with E-state index in [1.54, 1.807) is 24.3 Å². The lowest BCUT2D eigenvalue weighted by molar-refractivity contribution is -0.124. The Morgan fingerprint density at radius 1 is 1.07 bits per heavy atom. The highest BCUT2D eigenvalue weighted by atomic mass is 16.5. The second kappa shape index (κ2) is 8.99. The molecule has 1 unspecified atom stereocenters. The first-order valence-electron chi connectivity index (χ1n) is 9.15. The van der Waals surface area contributed by atoms with E-state index >= 15 is 0 Å². The minimum absolute atomic E-state index is 0.0493. The van der Waals surface area contributed by atoms with Gasteiger partial charge in [0.2, 0.25) is 5.56 Å². The fourth-order valence-corrected chi connectivity index (χ4v) is 3.00. The van der Waals surface area contributed by atoms with Gasteiger partial charge < -0.3 is 15.0 Å². The van der Waals surface area contributed by atoms with Crippen LogP contribution in [0, 0.1) is 0 Å².